The minimum Gasteiger partial charge on any atom is -0.723 e. The fourth-order valence-corrected chi connectivity index (χ4v) is 1.46. The normalized spacial score (nSPS) is 11.7. The van der Waals surface area contributed by atoms with Gasteiger partial charge in [0.15, 0.2) is 0 Å². The maximum Gasteiger partial charge on any atom is 1.00 e. The van der Waals surface area contributed by atoms with E-state index in [2.05, 4.69) is 4.89 Å². The van der Waals surface area contributed by atoms with Gasteiger partial charge in [0.2, 0.25) is 0 Å². The van der Waals surface area contributed by atoms with Crippen LogP contribution in [0.5, 0.6) is 0 Å². The van der Waals surface area contributed by atoms with E-state index in [1.807, 2.05) is 6.07 Å². The Morgan fingerprint density at radius 3 is 2.10 bits per heavy atom. The summed E-state index contributed by atoms with van der Waals surface area (Å²) in [6.07, 6.45) is 1.01. The number of hydrogen-bond donors (Lipinski definition) is 0. The molecule has 1 aromatic rings. The van der Waals surface area contributed by atoms with Crippen LogP contribution in [0, 0.1) is 0 Å². The number of rotatable bonds is 7. The molecule has 0 fully saturated rings. The van der Waals surface area contributed by atoms with Crippen LogP contribution in [0.2, 0.25) is 0 Å². The summed E-state index contributed by atoms with van der Waals surface area (Å²) < 4.78 is 0. The van der Waals surface area contributed by atoms with Gasteiger partial charge in [-0.15, -0.1) is 0 Å². The summed E-state index contributed by atoms with van der Waals surface area (Å²) >= 11 is 0. The zero-order valence-electron chi connectivity index (χ0n) is 13.3. The Labute approximate surface area is 147 Å². The molecule has 112 valence electrons. The van der Waals surface area contributed by atoms with E-state index in [0.29, 0.717) is 18.4 Å². The molecule has 0 unspecified atom stereocenters. The van der Waals surface area contributed by atoms with Crippen LogP contribution in [0.4, 0.5) is 0 Å². The van der Waals surface area contributed by atoms with Crippen LogP contribution in [-0.2, 0) is 14.7 Å². The van der Waals surface area contributed by atoms with Gasteiger partial charge in [-0.25, -0.2) is 4.79 Å². The first kappa shape index (κ1) is 20.6. The molecule has 0 heterocycles. The Kier molecular flexibility index (Phi) is 8.70. The minimum absolute atomic E-state index is 0. The molecule has 0 aliphatic carbocycles. The third-order valence-corrected chi connectivity index (χ3v) is 2.91. The van der Waals surface area contributed by atoms with Gasteiger partial charge in [-0.05, 0) is 52.7 Å². The molecule has 0 saturated carbocycles. The predicted octanol–water partition coefficient (Wildman–Crippen LogP) is -0.592. The Hall–Kier alpha value is -0.430. The second kappa shape index (κ2) is 8.88. The summed E-state index contributed by atoms with van der Waals surface area (Å²) in [5.74, 6) is -0.544. The molecule has 0 aromatic heterocycles. The molecule has 21 heavy (non-hydrogen) atoms. The van der Waals surface area contributed by atoms with Gasteiger partial charge in [-0.1, -0.05) is 18.2 Å². The first-order valence-electron chi connectivity index (χ1n) is 6.52. The fraction of sp³-hybridized carbons (Fsp3) is 0.533. The summed E-state index contributed by atoms with van der Waals surface area (Å²) in [4.78, 5) is 25.9. The van der Waals surface area contributed by atoms with Crippen LogP contribution in [-0.4, -0.2) is 17.2 Å². The van der Waals surface area contributed by atoms with Crippen LogP contribution in [0.25, 0.3) is 0 Å². The van der Waals surface area contributed by atoms with Gasteiger partial charge >= 0.3 is 35.5 Å². The molecule has 0 aliphatic heterocycles. The topological polar surface area (TPSA) is 67.8 Å². The monoisotopic (exact) mass is 304 g/mol. The maximum absolute atomic E-state index is 11.7. The van der Waals surface area contributed by atoms with Crippen molar-refractivity contribution in [2.24, 2.45) is 0 Å². The molecule has 0 amide bonds. The quantitative estimate of drug-likeness (QED) is 0.383. The maximum atomic E-state index is 11.7. The predicted molar refractivity (Wildman–Crippen MR) is 71.4 cm³/mol. The van der Waals surface area contributed by atoms with E-state index >= 15 is 0 Å². The molecule has 1 aromatic carbocycles. The van der Waals surface area contributed by atoms with Crippen LogP contribution in [0.15, 0.2) is 30.3 Å². The first-order chi connectivity index (χ1) is 9.26. The Morgan fingerprint density at radius 1 is 1.05 bits per heavy atom. The SMILES string of the molecule is CC(C)(CCC(C)(C)OOC(=O)c1ccccc1)O[O-].[Na+]. The molecule has 0 radical (unpaired) electrons. The van der Waals surface area contributed by atoms with Gasteiger partial charge in [-0.3, -0.25) is 4.89 Å². The molecule has 0 N–H and O–H groups in total. The average molecular weight is 304 g/mol. The molecular weight excluding hydrogens is 283 g/mol. The second-order valence-corrected chi connectivity index (χ2v) is 5.92. The van der Waals surface area contributed by atoms with Crippen LogP contribution >= 0.6 is 0 Å². The van der Waals surface area contributed by atoms with Gasteiger partial charge in [-0.2, -0.15) is 4.89 Å². The van der Waals surface area contributed by atoms with Crippen molar-refractivity contribution < 1.29 is 54.3 Å². The third kappa shape index (κ3) is 7.95. The summed E-state index contributed by atoms with van der Waals surface area (Å²) in [6.45, 7) is 6.97. The molecular formula is C15H21NaO5. The van der Waals surface area contributed by atoms with Gasteiger partial charge in [0.1, 0.15) is 5.60 Å². The average Bonchev–Trinajstić information content (AvgIpc) is 2.44. The molecule has 5 nitrogen and oxygen atoms in total. The van der Waals surface area contributed by atoms with Crippen molar-refractivity contribution in [3.63, 3.8) is 0 Å². The van der Waals surface area contributed by atoms with E-state index in [9.17, 15) is 10.1 Å². The van der Waals surface area contributed by atoms with Crippen LogP contribution in [0.3, 0.4) is 0 Å². The largest absolute Gasteiger partial charge is 1.00 e. The third-order valence-electron chi connectivity index (χ3n) is 2.91. The van der Waals surface area contributed by atoms with Crippen LogP contribution in [0.1, 0.15) is 50.9 Å². The molecule has 0 aliphatic rings. The van der Waals surface area contributed by atoms with E-state index in [-0.39, 0.29) is 29.6 Å². The zero-order valence-corrected chi connectivity index (χ0v) is 15.3. The first-order valence-corrected chi connectivity index (χ1v) is 6.52. The van der Waals surface area contributed by atoms with Crippen molar-refractivity contribution in [3.8, 4) is 0 Å². The van der Waals surface area contributed by atoms with Crippen molar-refractivity contribution in [1.82, 2.24) is 0 Å². The molecule has 0 atom stereocenters. The Balaban J connectivity index is 0.00000400. The second-order valence-electron chi connectivity index (χ2n) is 5.92. The Morgan fingerprint density at radius 2 is 1.57 bits per heavy atom. The van der Waals surface area contributed by atoms with Crippen molar-refractivity contribution in [2.45, 2.75) is 51.7 Å². The van der Waals surface area contributed by atoms with E-state index in [1.165, 1.54) is 0 Å². The van der Waals surface area contributed by atoms with Gasteiger partial charge in [0, 0.05) is 0 Å². The molecule has 0 spiro atoms. The van der Waals surface area contributed by atoms with E-state index < -0.39 is 17.2 Å². The van der Waals surface area contributed by atoms with E-state index in [4.69, 9.17) is 9.78 Å². The Bertz CT molecular complexity index is 431. The molecule has 0 saturated heterocycles. The molecule has 1 rings (SSSR count). The summed E-state index contributed by atoms with van der Waals surface area (Å²) in [6, 6.07) is 8.60. The van der Waals surface area contributed by atoms with Gasteiger partial charge in [0.25, 0.3) is 0 Å². The summed E-state index contributed by atoms with van der Waals surface area (Å²) in [5.41, 5.74) is -1.05. The number of benzene rings is 1. The van der Waals surface area contributed by atoms with Crippen molar-refractivity contribution in [3.05, 3.63) is 35.9 Å². The molecule has 6 heteroatoms. The van der Waals surface area contributed by atoms with Crippen LogP contribution < -0.4 is 34.8 Å². The van der Waals surface area contributed by atoms with E-state index in [1.54, 1.807) is 52.0 Å². The number of hydrogen-bond acceptors (Lipinski definition) is 5. The fourth-order valence-electron chi connectivity index (χ4n) is 1.46. The van der Waals surface area contributed by atoms with Crippen molar-refractivity contribution in [1.29, 1.82) is 0 Å². The number of carbonyl (C=O) groups excluding carboxylic acids is 1. The van der Waals surface area contributed by atoms with Gasteiger partial charge in [0.05, 0.1) is 11.2 Å². The van der Waals surface area contributed by atoms with Crippen molar-refractivity contribution >= 4 is 5.97 Å². The standard InChI is InChI=1S/C15H22O5.Na/c1-14(2,19-17)10-11-15(3,4)20-18-13(16)12-8-6-5-7-9-12;/h5-9,17H,10-11H2,1-4H3;/q;+1/p-1. The summed E-state index contributed by atoms with van der Waals surface area (Å²) in [7, 11) is 0. The van der Waals surface area contributed by atoms with E-state index in [0.717, 1.165) is 0 Å². The zero-order chi connectivity index (χ0) is 15.2. The number of carbonyl (C=O) groups is 1. The van der Waals surface area contributed by atoms with Gasteiger partial charge < -0.3 is 10.1 Å². The van der Waals surface area contributed by atoms with Crippen molar-refractivity contribution in [2.75, 3.05) is 0 Å². The smallest absolute Gasteiger partial charge is 0.723 e. The minimum atomic E-state index is -0.774. The molecule has 0 bridgehead atoms. The summed E-state index contributed by atoms with van der Waals surface area (Å²) in [5, 5.41) is 10.5.